The molecule has 2 aliphatic heterocycles. The van der Waals surface area contributed by atoms with Gasteiger partial charge in [-0.15, -0.1) is 0 Å². The lowest BCUT2D eigenvalue weighted by molar-refractivity contribution is -0.341. The van der Waals surface area contributed by atoms with Crippen molar-refractivity contribution >= 4 is 0 Å². The Morgan fingerprint density at radius 3 is 2.00 bits per heavy atom. The van der Waals surface area contributed by atoms with Crippen molar-refractivity contribution in [3.05, 3.63) is 11.6 Å². The highest BCUT2D eigenvalue weighted by Gasteiger charge is 2.70. The topological polar surface area (TPSA) is 239 Å². The maximum atomic E-state index is 12.3. The second-order valence-corrected chi connectivity index (χ2v) is 20.3. The van der Waals surface area contributed by atoms with Gasteiger partial charge in [0.1, 0.15) is 48.8 Å². The van der Waals surface area contributed by atoms with Crippen molar-refractivity contribution in [2.75, 3.05) is 13.2 Å². The molecule has 6 aliphatic rings. The predicted molar refractivity (Wildman–Crippen MR) is 202 cm³/mol. The molecule has 0 radical (unpaired) electrons. The number of aliphatic hydroxyl groups is 10. The average Bonchev–Trinajstić information content (AvgIpc) is 3.40. The van der Waals surface area contributed by atoms with Gasteiger partial charge >= 0.3 is 0 Å². The van der Waals surface area contributed by atoms with Crippen LogP contribution < -0.4 is 0 Å². The third kappa shape index (κ3) is 7.26. The molecule has 10 N–H and O–H groups in total. The molecule has 0 bridgehead atoms. The molecule has 4 unspecified atom stereocenters. The van der Waals surface area contributed by atoms with Gasteiger partial charge in [-0.3, -0.25) is 0 Å². The first-order valence-electron chi connectivity index (χ1n) is 21.0. The molecule has 324 valence electrons. The molecule has 3 saturated carbocycles. The minimum absolute atomic E-state index is 0.0159. The average molecular weight is 801 g/mol. The van der Waals surface area contributed by atoms with Crippen molar-refractivity contribution in [1.29, 1.82) is 0 Å². The summed E-state index contributed by atoms with van der Waals surface area (Å²) in [5.74, 6) is 1.00. The molecule has 14 nitrogen and oxygen atoms in total. The molecule has 0 aromatic rings. The predicted octanol–water partition coefficient (Wildman–Crippen LogP) is 1.12. The van der Waals surface area contributed by atoms with Gasteiger partial charge in [0.2, 0.25) is 0 Å². The zero-order chi connectivity index (χ0) is 41.5. The highest BCUT2D eigenvalue weighted by Crippen LogP contribution is 2.75. The van der Waals surface area contributed by atoms with Gasteiger partial charge in [-0.25, -0.2) is 0 Å². The Morgan fingerprint density at radius 2 is 1.38 bits per heavy atom. The Hall–Kier alpha value is -0.820. The normalized spacial score (nSPS) is 50.3. The Kier molecular flexibility index (Phi) is 12.7. The minimum atomic E-state index is -1.71. The third-order valence-corrected chi connectivity index (χ3v) is 16.6. The summed E-state index contributed by atoms with van der Waals surface area (Å²) in [5.41, 5.74) is -0.848. The van der Waals surface area contributed by atoms with Crippen LogP contribution in [0.3, 0.4) is 0 Å². The summed E-state index contributed by atoms with van der Waals surface area (Å²) in [4.78, 5) is 0. The van der Waals surface area contributed by atoms with E-state index in [0.717, 1.165) is 32.1 Å². The van der Waals surface area contributed by atoms with E-state index in [0.29, 0.717) is 25.2 Å². The first-order valence-corrected chi connectivity index (χ1v) is 21.0. The van der Waals surface area contributed by atoms with E-state index in [4.69, 9.17) is 18.9 Å². The zero-order valence-electron chi connectivity index (χ0n) is 34.6. The number of allylic oxidation sites excluding steroid dienone is 1. The number of rotatable bonds is 11. The van der Waals surface area contributed by atoms with Crippen molar-refractivity contribution in [3.63, 3.8) is 0 Å². The van der Waals surface area contributed by atoms with Crippen LogP contribution in [0.2, 0.25) is 0 Å². The highest BCUT2D eigenvalue weighted by atomic mass is 16.7. The Morgan fingerprint density at radius 1 is 0.768 bits per heavy atom. The van der Waals surface area contributed by atoms with Crippen molar-refractivity contribution in [2.24, 2.45) is 45.3 Å². The van der Waals surface area contributed by atoms with E-state index >= 15 is 0 Å². The molecule has 0 aromatic carbocycles. The molecule has 5 fully saturated rings. The van der Waals surface area contributed by atoms with Gasteiger partial charge in [-0.2, -0.15) is 0 Å². The number of fused-ring (bicyclic) bond motifs is 5. The van der Waals surface area contributed by atoms with Crippen LogP contribution in [0.5, 0.6) is 0 Å². The summed E-state index contributed by atoms with van der Waals surface area (Å²) in [6.45, 7) is 15.7. The summed E-state index contributed by atoms with van der Waals surface area (Å²) in [6.07, 6.45) is -8.48. The van der Waals surface area contributed by atoms with Gasteiger partial charge in [-0.1, -0.05) is 53.2 Å². The standard InChI is InChI=1S/C42H72O14/c1-20(21-15-16-40(6)26-12-10-22-23(11-13-27(44)38(22,2)3)42(26,8)28(45)17-41(21,40)7)9-14-29(39(4,5)52)56-37-35(51)33(49)31(47)25(55-37)19-53-36-34(50)32(48)30(46)24(18-43)54-36/h10,20-21,23-37,43-52H,9,11-19H2,1-8H3/t20-,21?,23?,24?,25-,26?,27+,28-,29-,30-,31-,32+,33+,34-,35-,36-,37+,40+,41-,42+/m1/s1. The fourth-order valence-electron chi connectivity index (χ4n) is 12.6. The van der Waals surface area contributed by atoms with Gasteiger partial charge in [0.05, 0.1) is 37.1 Å². The van der Waals surface area contributed by atoms with Crippen LogP contribution in [-0.4, -0.2) is 150 Å². The van der Waals surface area contributed by atoms with Crippen LogP contribution in [0.1, 0.15) is 107 Å². The quantitative estimate of drug-likeness (QED) is 0.132. The minimum Gasteiger partial charge on any atom is -0.394 e. The molecular formula is C42H72O14. The summed E-state index contributed by atoms with van der Waals surface area (Å²) in [7, 11) is 0. The number of hydrogen-bond donors (Lipinski definition) is 10. The maximum absolute atomic E-state index is 12.3. The number of aliphatic hydroxyl groups excluding tert-OH is 9. The summed E-state index contributed by atoms with van der Waals surface area (Å²) in [6, 6.07) is 0. The van der Waals surface area contributed by atoms with Gasteiger partial charge < -0.3 is 70.0 Å². The molecule has 6 rings (SSSR count). The lowest BCUT2D eigenvalue weighted by Gasteiger charge is -2.67. The Balaban J connectivity index is 1.13. The van der Waals surface area contributed by atoms with E-state index < -0.39 is 92.4 Å². The van der Waals surface area contributed by atoms with Crippen LogP contribution in [0.25, 0.3) is 0 Å². The fourth-order valence-corrected chi connectivity index (χ4v) is 12.6. The third-order valence-electron chi connectivity index (χ3n) is 16.6. The summed E-state index contributed by atoms with van der Waals surface area (Å²) < 4.78 is 23.1. The summed E-state index contributed by atoms with van der Waals surface area (Å²) in [5, 5.41) is 107. The molecule has 56 heavy (non-hydrogen) atoms. The van der Waals surface area contributed by atoms with E-state index in [9.17, 15) is 51.1 Å². The van der Waals surface area contributed by atoms with Gasteiger partial charge in [-0.05, 0) is 99.7 Å². The molecule has 2 saturated heterocycles. The van der Waals surface area contributed by atoms with Crippen molar-refractivity contribution in [2.45, 2.75) is 192 Å². The maximum Gasteiger partial charge on any atom is 0.187 e. The monoisotopic (exact) mass is 800 g/mol. The van der Waals surface area contributed by atoms with Crippen LogP contribution in [0.4, 0.5) is 0 Å². The summed E-state index contributed by atoms with van der Waals surface area (Å²) >= 11 is 0. The molecule has 0 aromatic heterocycles. The van der Waals surface area contributed by atoms with Crippen LogP contribution in [0, 0.1) is 45.3 Å². The van der Waals surface area contributed by atoms with Gasteiger partial charge in [0.25, 0.3) is 0 Å². The Bertz CT molecular complexity index is 1400. The van der Waals surface area contributed by atoms with Crippen molar-refractivity contribution in [1.82, 2.24) is 0 Å². The SMILES string of the molecule is C[C@H](CC[C@@H](O[C@@H]1O[C@H](CO[C@@H]2OC(CO)[C@@H](O)[C@H](O)[C@H]2O)[C@@H](O)[C@H](O)[C@H]1O)C(C)(C)O)C1CC[C@@]2(C)C3CC=C4C(CC[C@H](O)C4(C)C)[C@]3(C)[C@H](O)C[C@]12C. The second kappa shape index (κ2) is 15.9. The first-order chi connectivity index (χ1) is 25.9. The van der Waals surface area contributed by atoms with Gasteiger partial charge in [0.15, 0.2) is 12.6 Å². The number of hydrogen-bond acceptors (Lipinski definition) is 14. The van der Waals surface area contributed by atoms with E-state index in [2.05, 4.69) is 47.6 Å². The molecule has 14 heteroatoms. The van der Waals surface area contributed by atoms with Crippen molar-refractivity contribution in [3.8, 4) is 0 Å². The Labute approximate surface area is 331 Å². The van der Waals surface area contributed by atoms with Gasteiger partial charge in [0, 0.05) is 10.8 Å². The largest absolute Gasteiger partial charge is 0.394 e. The fraction of sp³-hybridized carbons (Fsp3) is 0.952. The van der Waals surface area contributed by atoms with Crippen LogP contribution in [-0.2, 0) is 18.9 Å². The van der Waals surface area contributed by atoms with Crippen LogP contribution in [0.15, 0.2) is 11.6 Å². The van der Waals surface area contributed by atoms with E-state index in [1.807, 2.05) is 0 Å². The first kappa shape index (κ1) is 44.7. The molecule has 0 amide bonds. The molecule has 20 atom stereocenters. The highest BCUT2D eigenvalue weighted by molar-refractivity contribution is 5.31. The lowest BCUT2D eigenvalue weighted by atomic mass is 9.38. The van der Waals surface area contributed by atoms with Crippen molar-refractivity contribution < 1.29 is 70.0 Å². The molecule has 0 spiro atoms. The van der Waals surface area contributed by atoms with Crippen LogP contribution >= 0.6 is 0 Å². The van der Waals surface area contributed by atoms with E-state index in [-0.39, 0.29) is 45.5 Å². The van der Waals surface area contributed by atoms with E-state index in [1.54, 1.807) is 13.8 Å². The molecule has 2 heterocycles. The molecular weight excluding hydrogens is 728 g/mol. The zero-order valence-corrected chi connectivity index (χ0v) is 34.6. The number of ether oxygens (including phenoxy) is 4. The smallest absolute Gasteiger partial charge is 0.187 e. The lowest BCUT2D eigenvalue weighted by Crippen LogP contribution is -2.64. The van der Waals surface area contributed by atoms with E-state index in [1.165, 1.54) is 5.57 Å². The second-order valence-electron chi connectivity index (χ2n) is 20.3. The molecule has 4 aliphatic carbocycles.